The molecule has 104 valence electrons. The Kier molecular flexibility index (Phi) is 5.61. The Morgan fingerprint density at radius 3 is 2.80 bits per heavy atom. The molecule has 0 aliphatic rings. The zero-order chi connectivity index (χ0) is 14.2. The molecule has 0 aromatic carbocycles. The van der Waals surface area contributed by atoms with Crippen LogP contribution in [0.15, 0.2) is 36.9 Å². The van der Waals surface area contributed by atoms with E-state index in [9.17, 15) is 4.57 Å². The van der Waals surface area contributed by atoms with Crippen LogP contribution in [0.4, 0.5) is 0 Å². The van der Waals surface area contributed by atoms with Crippen LogP contribution in [0.5, 0.6) is 0 Å². The van der Waals surface area contributed by atoms with E-state index in [4.69, 9.17) is 9.26 Å². The predicted octanol–water partition coefficient (Wildman–Crippen LogP) is 1.58. The highest BCUT2D eigenvalue weighted by Gasteiger charge is 2.21. The molecule has 2 aromatic heterocycles. The van der Waals surface area contributed by atoms with E-state index in [-0.39, 0.29) is 15.3 Å². The van der Waals surface area contributed by atoms with Crippen LogP contribution in [-0.2, 0) is 13.8 Å². The van der Waals surface area contributed by atoms with E-state index in [2.05, 4.69) is 15.1 Å². The molecule has 0 saturated heterocycles. The molecule has 0 radical (unpaired) electrons. The molecule has 0 saturated carbocycles. The van der Waals surface area contributed by atoms with Gasteiger partial charge in [0, 0.05) is 24.0 Å². The second-order valence-electron chi connectivity index (χ2n) is 3.75. The van der Waals surface area contributed by atoms with Gasteiger partial charge in [0.05, 0.1) is 6.61 Å². The maximum absolute atomic E-state index is 10.4. The van der Waals surface area contributed by atoms with Gasteiger partial charge >= 0.3 is 14.9 Å². The molecule has 0 spiro atoms. The molecule has 7 nitrogen and oxygen atoms in total. The molecule has 1 atom stereocenters. The van der Waals surface area contributed by atoms with Crippen LogP contribution >= 0.6 is 8.69 Å². The minimum absolute atomic E-state index is 0.151. The Morgan fingerprint density at radius 1 is 1.40 bits per heavy atom. The second-order valence-corrected chi connectivity index (χ2v) is 4.16. The van der Waals surface area contributed by atoms with Crippen molar-refractivity contribution in [1.82, 2.24) is 15.1 Å². The molecule has 2 rings (SSSR count). The Morgan fingerprint density at radius 2 is 2.20 bits per heavy atom. The molecule has 1 unspecified atom stereocenters. The van der Waals surface area contributed by atoms with E-state index in [0.29, 0.717) is 12.4 Å². The van der Waals surface area contributed by atoms with Gasteiger partial charge in [-0.25, -0.2) is 14.5 Å². The minimum atomic E-state index is -0.424. The van der Waals surface area contributed by atoms with Crippen molar-refractivity contribution < 1.29 is 18.5 Å². The third-order valence-corrected chi connectivity index (χ3v) is 2.74. The van der Waals surface area contributed by atoms with Gasteiger partial charge in [0.25, 0.3) is 0 Å². The van der Waals surface area contributed by atoms with Crippen molar-refractivity contribution in [2.75, 3.05) is 13.2 Å². The van der Waals surface area contributed by atoms with E-state index in [1.165, 1.54) is 0 Å². The highest BCUT2D eigenvalue weighted by atomic mass is 31.1. The van der Waals surface area contributed by atoms with Crippen molar-refractivity contribution in [3.63, 3.8) is 0 Å². The Bertz CT molecular complexity index is 538. The maximum Gasteiger partial charge on any atom is 0.327 e. The van der Waals surface area contributed by atoms with E-state index >= 15 is 0 Å². The first-order chi connectivity index (χ1) is 9.85. The van der Waals surface area contributed by atoms with Crippen LogP contribution in [0.1, 0.15) is 13.2 Å². The lowest BCUT2D eigenvalue weighted by atomic mass is 10.3. The van der Waals surface area contributed by atoms with Crippen molar-refractivity contribution >= 4 is 8.69 Å². The maximum atomic E-state index is 10.4. The third-order valence-electron chi connectivity index (χ3n) is 2.48. The van der Waals surface area contributed by atoms with Crippen LogP contribution in [0.25, 0.3) is 11.4 Å². The van der Waals surface area contributed by atoms with E-state index < -0.39 is 6.23 Å². The van der Waals surface area contributed by atoms with Crippen LogP contribution in [-0.4, -0.2) is 28.3 Å². The fraction of sp³-hybridized carbons (Fsp3) is 0.333. The molecule has 0 amide bonds. The highest BCUT2D eigenvalue weighted by Crippen LogP contribution is 2.11. The summed E-state index contributed by atoms with van der Waals surface area (Å²) < 4.78 is 22.3. The fourth-order valence-corrected chi connectivity index (χ4v) is 1.79. The standard InChI is InChI=1S/C12H14N4O3P/c1-2-18-11(9-19-20-17)16-7-4-10(8-15-16)12-13-5-3-6-14-12/h3-8,11H,2,9H2,1H3/q+1. The van der Waals surface area contributed by atoms with E-state index in [1.54, 1.807) is 35.5 Å². The number of nitrogens with zero attached hydrogens (tertiary/aromatic N) is 4. The number of aromatic nitrogens is 4. The summed E-state index contributed by atoms with van der Waals surface area (Å²) in [6, 6.07) is 3.59. The lowest BCUT2D eigenvalue weighted by molar-refractivity contribution is -0.812. The van der Waals surface area contributed by atoms with Gasteiger partial charge in [0.1, 0.15) is 6.20 Å². The molecule has 20 heavy (non-hydrogen) atoms. The monoisotopic (exact) mass is 293 g/mol. The summed E-state index contributed by atoms with van der Waals surface area (Å²) in [6.45, 7) is 2.52. The SMILES string of the molecule is CCOC(COP=O)[n+]1ccc(-c2ncccn2)cn1. The first-order valence-electron chi connectivity index (χ1n) is 6.06. The van der Waals surface area contributed by atoms with E-state index in [1.807, 2.05) is 13.0 Å². The predicted molar refractivity (Wildman–Crippen MR) is 69.7 cm³/mol. The topological polar surface area (TPSA) is 78.1 Å². The van der Waals surface area contributed by atoms with Crippen LogP contribution in [0, 0.1) is 0 Å². The van der Waals surface area contributed by atoms with Gasteiger partial charge in [-0.2, -0.15) is 0 Å². The number of rotatable bonds is 7. The molecular weight excluding hydrogens is 279 g/mol. The lowest BCUT2D eigenvalue weighted by Crippen LogP contribution is -2.46. The number of hydrogen-bond acceptors (Lipinski definition) is 6. The highest BCUT2D eigenvalue weighted by molar-refractivity contribution is 7.17. The van der Waals surface area contributed by atoms with Crippen molar-refractivity contribution in [2.24, 2.45) is 0 Å². The average Bonchev–Trinajstić information content (AvgIpc) is 2.52. The van der Waals surface area contributed by atoms with Gasteiger partial charge in [0.2, 0.25) is 0 Å². The van der Waals surface area contributed by atoms with Gasteiger partial charge in [-0.3, -0.25) is 4.52 Å². The molecular formula is C12H14N4O3P+. The molecule has 0 aliphatic heterocycles. The van der Waals surface area contributed by atoms with Gasteiger partial charge in [-0.1, -0.05) is 4.68 Å². The van der Waals surface area contributed by atoms with Crippen molar-refractivity contribution in [3.8, 4) is 11.4 Å². The molecule has 0 fully saturated rings. The molecule has 2 heterocycles. The third kappa shape index (κ3) is 3.84. The zero-order valence-electron chi connectivity index (χ0n) is 10.9. The van der Waals surface area contributed by atoms with Gasteiger partial charge in [-0.05, 0) is 18.1 Å². The first-order valence-corrected chi connectivity index (χ1v) is 6.79. The summed E-state index contributed by atoms with van der Waals surface area (Å²) in [5.74, 6) is 0.606. The van der Waals surface area contributed by atoms with Gasteiger partial charge in [0.15, 0.2) is 18.6 Å². The Balaban J connectivity index is 2.15. The van der Waals surface area contributed by atoms with Crippen LogP contribution in [0.3, 0.4) is 0 Å². The van der Waals surface area contributed by atoms with Crippen LogP contribution in [0.2, 0.25) is 0 Å². The summed E-state index contributed by atoms with van der Waals surface area (Å²) >= 11 is 0. The van der Waals surface area contributed by atoms with Crippen LogP contribution < -0.4 is 4.68 Å². The van der Waals surface area contributed by atoms with Crippen molar-refractivity contribution in [1.29, 1.82) is 0 Å². The molecule has 2 aromatic rings. The summed E-state index contributed by atoms with van der Waals surface area (Å²) in [6.07, 6.45) is 6.32. The van der Waals surface area contributed by atoms with Crippen molar-refractivity contribution in [3.05, 3.63) is 36.9 Å². The molecule has 8 heteroatoms. The second kappa shape index (κ2) is 7.69. The smallest absolute Gasteiger partial charge is 0.318 e. The summed E-state index contributed by atoms with van der Waals surface area (Å²) in [7, 11) is -0.378. The summed E-state index contributed by atoms with van der Waals surface area (Å²) in [5.41, 5.74) is 0.806. The van der Waals surface area contributed by atoms with Gasteiger partial charge in [-0.15, -0.1) is 0 Å². The van der Waals surface area contributed by atoms with Crippen molar-refractivity contribution in [2.45, 2.75) is 13.2 Å². The number of hydrogen-bond donors (Lipinski definition) is 0. The van der Waals surface area contributed by atoms with Gasteiger partial charge < -0.3 is 4.74 Å². The molecule has 0 N–H and O–H groups in total. The zero-order valence-corrected chi connectivity index (χ0v) is 11.8. The minimum Gasteiger partial charge on any atom is -0.318 e. The number of ether oxygens (including phenoxy) is 1. The van der Waals surface area contributed by atoms with E-state index in [0.717, 1.165) is 5.56 Å². The summed E-state index contributed by atoms with van der Waals surface area (Å²) in [5, 5.41) is 4.25. The average molecular weight is 293 g/mol. The Labute approximate surface area is 117 Å². The molecule has 0 aliphatic carbocycles. The largest absolute Gasteiger partial charge is 0.327 e. The lowest BCUT2D eigenvalue weighted by Gasteiger charge is -2.08. The summed E-state index contributed by atoms with van der Waals surface area (Å²) in [4.78, 5) is 8.30. The Hall–Kier alpha value is -1.82. The quantitative estimate of drug-likeness (QED) is 0.570. The normalized spacial score (nSPS) is 12.4. The first kappa shape index (κ1) is 14.6. The molecule has 0 bridgehead atoms. The fourth-order valence-electron chi connectivity index (χ4n) is 1.61.